The molecule has 9 heteroatoms. The summed E-state index contributed by atoms with van der Waals surface area (Å²) in [5.74, 6) is 2.08. The quantitative estimate of drug-likeness (QED) is 0.550. The number of pyridine rings is 1. The van der Waals surface area contributed by atoms with Crippen molar-refractivity contribution in [1.29, 1.82) is 0 Å². The summed E-state index contributed by atoms with van der Waals surface area (Å²) in [6.45, 7) is 3.04. The fourth-order valence-electron chi connectivity index (χ4n) is 5.35. The summed E-state index contributed by atoms with van der Waals surface area (Å²) in [4.78, 5) is 28.8. The lowest BCUT2D eigenvalue weighted by Gasteiger charge is -2.36. The molecule has 5 heterocycles. The van der Waals surface area contributed by atoms with Crippen molar-refractivity contribution in [2.24, 2.45) is 0 Å². The summed E-state index contributed by atoms with van der Waals surface area (Å²) in [7, 11) is 0. The van der Waals surface area contributed by atoms with E-state index in [1.807, 2.05) is 24.3 Å². The van der Waals surface area contributed by atoms with E-state index in [0.717, 1.165) is 69.2 Å². The van der Waals surface area contributed by atoms with Crippen LogP contribution in [0.2, 0.25) is 0 Å². The Kier molecular flexibility index (Phi) is 6.48. The second-order valence-corrected chi connectivity index (χ2v) is 9.59. The SMILES string of the molecule is O=C(Nc1ccc(-c2nc(C3CCOCC3)cc(N3C4CCC3COC4)n2)cc1)Nc1cccnc1. The molecule has 1 aromatic carbocycles. The van der Waals surface area contributed by atoms with E-state index in [-0.39, 0.29) is 6.03 Å². The van der Waals surface area contributed by atoms with Gasteiger partial charge in [0.1, 0.15) is 5.82 Å². The molecule has 9 nitrogen and oxygen atoms in total. The Hall–Kier alpha value is -3.56. The van der Waals surface area contributed by atoms with Gasteiger partial charge in [0.15, 0.2) is 5.82 Å². The van der Waals surface area contributed by atoms with Crippen LogP contribution >= 0.6 is 0 Å². The second kappa shape index (κ2) is 10.2. The highest BCUT2D eigenvalue weighted by atomic mass is 16.5. The first kappa shape index (κ1) is 22.9. The van der Waals surface area contributed by atoms with E-state index in [4.69, 9.17) is 19.4 Å². The second-order valence-electron chi connectivity index (χ2n) is 9.59. The van der Waals surface area contributed by atoms with E-state index in [1.54, 1.807) is 24.5 Å². The number of fused-ring (bicyclic) bond motifs is 2. The number of ether oxygens (including phenoxy) is 2. The average molecular weight is 487 g/mol. The van der Waals surface area contributed by atoms with E-state index in [9.17, 15) is 4.79 Å². The van der Waals surface area contributed by atoms with Gasteiger partial charge in [0.2, 0.25) is 0 Å². The predicted octanol–water partition coefficient (Wildman–Crippen LogP) is 4.44. The van der Waals surface area contributed by atoms with Gasteiger partial charge in [-0.3, -0.25) is 4.98 Å². The van der Waals surface area contributed by atoms with Crippen LogP contribution < -0.4 is 15.5 Å². The highest BCUT2D eigenvalue weighted by Gasteiger charge is 2.38. The van der Waals surface area contributed by atoms with Crippen LogP contribution in [0.5, 0.6) is 0 Å². The molecule has 3 aliphatic rings. The highest BCUT2D eigenvalue weighted by Crippen LogP contribution is 2.36. The van der Waals surface area contributed by atoms with Crippen LogP contribution in [0.25, 0.3) is 11.4 Å². The fraction of sp³-hybridized carbons (Fsp3) is 0.407. The van der Waals surface area contributed by atoms with Gasteiger partial charge < -0.3 is 25.0 Å². The number of hydrogen-bond donors (Lipinski definition) is 2. The molecular weight excluding hydrogens is 456 g/mol. The predicted molar refractivity (Wildman–Crippen MR) is 137 cm³/mol. The van der Waals surface area contributed by atoms with Gasteiger partial charge in [-0.25, -0.2) is 14.8 Å². The van der Waals surface area contributed by atoms with Crippen LogP contribution in [0.3, 0.4) is 0 Å². The smallest absolute Gasteiger partial charge is 0.323 e. The number of urea groups is 1. The summed E-state index contributed by atoms with van der Waals surface area (Å²) in [5.41, 5.74) is 3.33. The Labute approximate surface area is 210 Å². The van der Waals surface area contributed by atoms with Gasteiger partial charge in [-0.15, -0.1) is 0 Å². The van der Waals surface area contributed by atoms with Crippen LogP contribution in [-0.2, 0) is 9.47 Å². The van der Waals surface area contributed by atoms with E-state index < -0.39 is 0 Å². The van der Waals surface area contributed by atoms with Crippen molar-refractivity contribution in [1.82, 2.24) is 15.0 Å². The van der Waals surface area contributed by atoms with Crippen molar-refractivity contribution in [2.45, 2.75) is 43.7 Å². The molecule has 36 heavy (non-hydrogen) atoms. The van der Waals surface area contributed by atoms with E-state index in [0.29, 0.717) is 35.2 Å². The topological polar surface area (TPSA) is 102 Å². The minimum Gasteiger partial charge on any atom is -0.381 e. The number of hydrogen-bond acceptors (Lipinski definition) is 7. The number of carbonyl (C=O) groups excluding carboxylic acids is 1. The molecule has 3 aromatic rings. The van der Waals surface area contributed by atoms with Crippen LogP contribution in [-0.4, -0.2) is 59.5 Å². The Morgan fingerprint density at radius 3 is 2.36 bits per heavy atom. The van der Waals surface area contributed by atoms with Gasteiger partial charge in [-0.2, -0.15) is 0 Å². The maximum absolute atomic E-state index is 12.3. The van der Waals surface area contributed by atoms with Crippen LogP contribution in [0.1, 0.15) is 37.3 Å². The number of amides is 2. The molecule has 3 fully saturated rings. The molecule has 0 spiro atoms. The molecule has 2 bridgehead atoms. The van der Waals surface area contributed by atoms with Gasteiger partial charge in [0, 0.05) is 48.3 Å². The first-order chi connectivity index (χ1) is 17.7. The van der Waals surface area contributed by atoms with E-state index in [1.165, 1.54) is 0 Å². The zero-order valence-corrected chi connectivity index (χ0v) is 20.1. The minimum absolute atomic E-state index is 0.321. The molecule has 0 saturated carbocycles. The van der Waals surface area contributed by atoms with Gasteiger partial charge in [-0.1, -0.05) is 0 Å². The van der Waals surface area contributed by atoms with Gasteiger partial charge in [0.05, 0.1) is 37.2 Å². The van der Waals surface area contributed by atoms with Crippen molar-refractivity contribution >= 4 is 23.2 Å². The molecule has 2 amide bonds. The number of anilines is 3. The summed E-state index contributed by atoms with van der Waals surface area (Å²) in [6, 6.07) is 13.8. The third-order valence-electron chi connectivity index (χ3n) is 7.20. The maximum atomic E-state index is 12.3. The lowest BCUT2D eigenvalue weighted by Crippen LogP contribution is -2.46. The summed E-state index contributed by atoms with van der Waals surface area (Å²) < 4.78 is 11.4. The maximum Gasteiger partial charge on any atom is 0.323 e. The number of rotatable bonds is 5. The largest absolute Gasteiger partial charge is 0.381 e. The molecule has 0 radical (unpaired) electrons. The monoisotopic (exact) mass is 486 g/mol. The van der Waals surface area contributed by atoms with Crippen molar-refractivity contribution in [3.8, 4) is 11.4 Å². The summed E-state index contributed by atoms with van der Waals surface area (Å²) in [6.07, 6.45) is 7.48. The van der Waals surface area contributed by atoms with Gasteiger partial charge in [-0.05, 0) is 62.1 Å². The third-order valence-corrected chi connectivity index (χ3v) is 7.20. The van der Waals surface area contributed by atoms with Crippen molar-refractivity contribution in [2.75, 3.05) is 42.0 Å². The molecule has 186 valence electrons. The molecule has 0 aliphatic carbocycles. The molecule has 3 saturated heterocycles. The number of nitrogens with zero attached hydrogens (tertiary/aromatic N) is 4. The van der Waals surface area contributed by atoms with Crippen LogP contribution in [0.15, 0.2) is 54.9 Å². The van der Waals surface area contributed by atoms with E-state index in [2.05, 4.69) is 26.6 Å². The number of nitrogens with one attached hydrogen (secondary N) is 2. The van der Waals surface area contributed by atoms with Crippen LogP contribution in [0.4, 0.5) is 22.0 Å². The average Bonchev–Trinajstić information content (AvgIpc) is 3.18. The van der Waals surface area contributed by atoms with Crippen molar-refractivity contribution in [3.63, 3.8) is 0 Å². The summed E-state index contributed by atoms with van der Waals surface area (Å²) in [5, 5.41) is 5.64. The zero-order valence-electron chi connectivity index (χ0n) is 20.1. The number of morpholine rings is 1. The molecule has 2 N–H and O–H groups in total. The summed E-state index contributed by atoms with van der Waals surface area (Å²) >= 11 is 0. The Bertz CT molecular complexity index is 1180. The molecule has 2 aromatic heterocycles. The lowest BCUT2D eigenvalue weighted by atomic mass is 9.96. The molecule has 2 atom stereocenters. The third kappa shape index (κ3) is 4.89. The number of benzene rings is 1. The normalized spacial score (nSPS) is 21.8. The van der Waals surface area contributed by atoms with E-state index >= 15 is 0 Å². The van der Waals surface area contributed by atoms with Gasteiger partial charge >= 0.3 is 6.03 Å². The van der Waals surface area contributed by atoms with Crippen molar-refractivity contribution < 1.29 is 14.3 Å². The standard InChI is InChI=1S/C27H30N6O3/c34-27(30-21-2-1-11-28-15-21)29-20-5-3-19(4-6-20)26-31-24(18-9-12-35-13-10-18)14-25(32-26)33-22-7-8-23(33)17-36-16-22/h1-6,11,14-15,18,22-23H,7-10,12-13,16-17H2,(H2,29,30,34). The minimum atomic E-state index is -0.321. The van der Waals surface area contributed by atoms with Gasteiger partial charge in [0.25, 0.3) is 0 Å². The first-order valence-electron chi connectivity index (χ1n) is 12.6. The first-order valence-corrected chi connectivity index (χ1v) is 12.6. The number of carbonyl (C=O) groups is 1. The number of aromatic nitrogens is 3. The lowest BCUT2D eigenvalue weighted by molar-refractivity contribution is 0.0843. The highest BCUT2D eigenvalue weighted by molar-refractivity contribution is 5.99. The zero-order chi connectivity index (χ0) is 24.3. The Morgan fingerprint density at radius 1 is 0.889 bits per heavy atom. The molecule has 3 aliphatic heterocycles. The molecule has 2 unspecified atom stereocenters. The van der Waals surface area contributed by atoms with Crippen LogP contribution in [0, 0.1) is 0 Å². The molecular formula is C27H30N6O3. The Morgan fingerprint density at radius 2 is 1.64 bits per heavy atom. The molecule has 6 rings (SSSR count). The fourth-order valence-corrected chi connectivity index (χ4v) is 5.35. The van der Waals surface area contributed by atoms with Crippen molar-refractivity contribution in [3.05, 3.63) is 60.6 Å². The Balaban J connectivity index is 1.25.